The maximum absolute atomic E-state index is 12.7. The Morgan fingerprint density at radius 1 is 1.29 bits per heavy atom. The van der Waals surface area contributed by atoms with Crippen molar-refractivity contribution >= 4 is 11.6 Å². The van der Waals surface area contributed by atoms with Gasteiger partial charge in [-0.1, -0.05) is 34.6 Å². The quantitative estimate of drug-likeness (QED) is 0.690. The molecule has 2 aromatic heterocycles. The molecule has 31 heavy (non-hydrogen) atoms. The van der Waals surface area contributed by atoms with Gasteiger partial charge >= 0.3 is 0 Å². The summed E-state index contributed by atoms with van der Waals surface area (Å²) in [6.45, 7) is 11.1. The number of aromatic nitrogens is 3. The molecule has 2 aromatic rings. The second-order valence-corrected chi connectivity index (χ2v) is 10.2. The standard InChI is InChI=1S/C24H34N4O3/c1-23(2,3)14-16(30)15-28(6)22-20-18(7-9-24(20,4)5)26-21(27-22)19-13-17(8-10-25-19)31-12-11-29/h8,10,13,29H,7,9,11-12,14-15H2,1-6H3. The molecule has 1 aliphatic rings. The third kappa shape index (κ3) is 5.58. The second-order valence-electron chi connectivity index (χ2n) is 10.2. The highest BCUT2D eigenvalue weighted by molar-refractivity contribution is 5.84. The van der Waals surface area contributed by atoms with E-state index in [9.17, 15) is 4.79 Å². The van der Waals surface area contributed by atoms with Crippen LogP contribution in [0.3, 0.4) is 0 Å². The van der Waals surface area contributed by atoms with E-state index in [-0.39, 0.29) is 29.8 Å². The molecule has 0 saturated heterocycles. The van der Waals surface area contributed by atoms with Crippen LogP contribution in [0.1, 0.15) is 58.7 Å². The molecule has 0 amide bonds. The Kier molecular flexibility index (Phi) is 6.65. The van der Waals surface area contributed by atoms with Crippen LogP contribution in [0, 0.1) is 5.41 Å². The number of Topliss-reactive ketones (excluding diaryl/α,β-unsaturated/α-hetero) is 1. The number of carbonyl (C=O) groups is 1. The number of ketones is 1. The number of likely N-dealkylation sites (N-methyl/N-ethyl adjacent to an activating group) is 1. The molecule has 0 spiro atoms. The molecule has 0 aromatic carbocycles. The van der Waals surface area contributed by atoms with Gasteiger partial charge in [0.05, 0.1) is 18.8 Å². The number of pyridine rings is 1. The number of aliphatic hydroxyl groups excluding tert-OH is 1. The molecule has 0 saturated carbocycles. The Morgan fingerprint density at radius 3 is 2.71 bits per heavy atom. The molecular formula is C24H34N4O3. The number of aryl methyl sites for hydroxylation is 1. The van der Waals surface area contributed by atoms with Crippen LogP contribution in [0.15, 0.2) is 18.3 Å². The molecule has 7 nitrogen and oxygen atoms in total. The zero-order valence-electron chi connectivity index (χ0n) is 19.5. The molecule has 1 N–H and O–H groups in total. The predicted octanol–water partition coefficient (Wildman–Crippen LogP) is 3.58. The van der Waals surface area contributed by atoms with E-state index in [1.54, 1.807) is 18.3 Å². The molecule has 0 radical (unpaired) electrons. The molecule has 3 rings (SSSR count). The van der Waals surface area contributed by atoms with Crippen molar-refractivity contribution in [3.63, 3.8) is 0 Å². The highest BCUT2D eigenvalue weighted by Crippen LogP contribution is 2.43. The van der Waals surface area contributed by atoms with Gasteiger partial charge in [0.1, 0.15) is 23.9 Å². The van der Waals surface area contributed by atoms with E-state index < -0.39 is 0 Å². The number of carbonyl (C=O) groups excluding carboxylic acids is 1. The summed E-state index contributed by atoms with van der Waals surface area (Å²) in [4.78, 5) is 28.8. The van der Waals surface area contributed by atoms with Gasteiger partial charge in [-0.15, -0.1) is 0 Å². The van der Waals surface area contributed by atoms with Gasteiger partial charge in [-0.05, 0) is 29.7 Å². The molecule has 0 unspecified atom stereocenters. The lowest BCUT2D eigenvalue weighted by Crippen LogP contribution is -2.31. The Morgan fingerprint density at radius 2 is 2.03 bits per heavy atom. The average molecular weight is 427 g/mol. The van der Waals surface area contributed by atoms with Gasteiger partial charge < -0.3 is 14.7 Å². The number of ether oxygens (including phenoxy) is 1. The number of rotatable bonds is 8. The van der Waals surface area contributed by atoms with E-state index in [4.69, 9.17) is 19.8 Å². The third-order valence-corrected chi connectivity index (χ3v) is 5.45. The topological polar surface area (TPSA) is 88.4 Å². The predicted molar refractivity (Wildman–Crippen MR) is 122 cm³/mol. The van der Waals surface area contributed by atoms with Crippen molar-refractivity contribution in [3.05, 3.63) is 29.6 Å². The molecule has 1 aliphatic carbocycles. The molecular weight excluding hydrogens is 392 g/mol. The highest BCUT2D eigenvalue weighted by atomic mass is 16.5. The van der Waals surface area contributed by atoms with Gasteiger partial charge in [0.15, 0.2) is 11.6 Å². The van der Waals surface area contributed by atoms with Crippen molar-refractivity contribution in [1.29, 1.82) is 0 Å². The minimum atomic E-state index is -0.0559. The Balaban J connectivity index is 1.99. The third-order valence-electron chi connectivity index (χ3n) is 5.45. The van der Waals surface area contributed by atoms with Crippen molar-refractivity contribution in [2.24, 2.45) is 5.41 Å². The Hall–Kier alpha value is -2.54. The summed E-state index contributed by atoms with van der Waals surface area (Å²) in [6, 6.07) is 3.53. The summed E-state index contributed by atoms with van der Waals surface area (Å²) < 4.78 is 5.52. The number of aliphatic hydroxyl groups is 1. The maximum Gasteiger partial charge on any atom is 0.180 e. The van der Waals surface area contributed by atoms with Crippen LogP contribution < -0.4 is 9.64 Å². The van der Waals surface area contributed by atoms with Crippen molar-refractivity contribution in [2.75, 3.05) is 31.7 Å². The van der Waals surface area contributed by atoms with Crippen LogP contribution in [0.2, 0.25) is 0 Å². The molecule has 0 bridgehead atoms. The van der Waals surface area contributed by atoms with Gasteiger partial charge in [-0.25, -0.2) is 9.97 Å². The first-order valence-electron chi connectivity index (χ1n) is 10.8. The SMILES string of the molecule is CN(CC(=O)CC(C)(C)C)c1nc(-c2cc(OCCO)ccn2)nc2c1C(C)(C)CC2. The summed E-state index contributed by atoms with van der Waals surface area (Å²) in [5.74, 6) is 2.13. The van der Waals surface area contributed by atoms with Crippen molar-refractivity contribution in [1.82, 2.24) is 15.0 Å². The smallest absolute Gasteiger partial charge is 0.180 e. The summed E-state index contributed by atoms with van der Waals surface area (Å²) in [7, 11) is 1.93. The fraction of sp³-hybridized carbons (Fsp3) is 0.583. The summed E-state index contributed by atoms with van der Waals surface area (Å²) in [5.41, 5.74) is 2.65. The molecule has 0 fully saturated rings. The van der Waals surface area contributed by atoms with E-state index in [2.05, 4.69) is 39.6 Å². The van der Waals surface area contributed by atoms with Crippen LogP contribution in [-0.2, 0) is 16.6 Å². The number of hydrogen-bond donors (Lipinski definition) is 1. The van der Waals surface area contributed by atoms with Crippen molar-refractivity contribution < 1.29 is 14.6 Å². The summed E-state index contributed by atoms with van der Waals surface area (Å²) in [6.07, 6.45) is 4.03. The van der Waals surface area contributed by atoms with Gasteiger partial charge in [0.2, 0.25) is 0 Å². The minimum absolute atomic E-state index is 0.0467. The van der Waals surface area contributed by atoms with Gasteiger partial charge in [-0.2, -0.15) is 0 Å². The molecule has 168 valence electrons. The van der Waals surface area contributed by atoms with E-state index in [0.29, 0.717) is 30.2 Å². The normalized spacial score (nSPS) is 14.9. The summed E-state index contributed by atoms with van der Waals surface area (Å²) in [5, 5.41) is 9.01. The number of nitrogens with zero attached hydrogens (tertiary/aromatic N) is 4. The highest BCUT2D eigenvalue weighted by Gasteiger charge is 2.36. The number of hydrogen-bond acceptors (Lipinski definition) is 7. The van der Waals surface area contributed by atoms with Crippen LogP contribution in [0.5, 0.6) is 5.75 Å². The minimum Gasteiger partial charge on any atom is -0.491 e. The second kappa shape index (κ2) is 8.91. The van der Waals surface area contributed by atoms with Crippen molar-refractivity contribution in [3.8, 4) is 17.3 Å². The first-order chi connectivity index (χ1) is 14.5. The largest absolute Gasteiger partial charge is 0.491 e. The van der Waals surface area contributed by atoms with Crippen molar-refractivity contribution in [2.45, 2.75) is 59.3 Å². The van der Waals surface area contributed by atoms with Gasteiger partial charge in [0.25, 0.3) is 0 Å². The Labute approximate surface area is 184 Å². The fourth-order valence-electron chi connectivity index (χ4n) is 4.09. The lowest BCUT2D eigenvalue weighted by Gasteiger charge is -2.28. The lowest BCUT2D eigenvalue weighted by molar-refractivity contribution is -0.119. The van der Waals surface area contributed by atoms with Gasteiger partial charge in [0, 0.05) is 31.3 Å². The maximum atomic E-state index is 12.7. The zero-order chi connectivity index (χ0) is 22.8. The van der Waals surface area contributed by atoms with Crippen LogP contribution >= 0.6 is 0 Å². The van der Waals surface area contributed by atoms with E-state index >= 15 is 0 Å². The molecule has 0 atom stereocenters. The number of fused-ring (bicyclic) bond motifs is 1. The fourth-order valence-corrected chi connectivity index (χ4v) is 4.09. The molecule has 7 heteroatoms. The van der Waals surface area contributed by atoms with E-state index in [1.807, 2.05) is 11.9 Å². The molecule has 2 heterocycles. The summed E-state index contributed by atoms with van der Waals surface area (Å²) >= 11 is 0. The van der Waals surface area contributed by atoms with Gasteiger partial charge in [-0.3, -0.25) is 9.78 Å². The van der Waals surface area contributed by atoms with Crippen LogP contribution in [0.4, 0.5) is 5.82 Å². The molecule has 0 aliphatic heterocycles. The van der Waals surface area contributed by atoms with Crippen LogP contribution in [0.25, 0.3) is 11.5 Å². The average Bonchev–Trinajstić information content (AvgIpc) is 2.99. The lowest BCUT2D eigenvalue weighted by atomic mass is 9.86. The van der Waals surface area contributed by atoms with E-state index in [1.165, 1.54) is 0 Å². The number of anilines is 1. The zero-order valence-corrected chi connectivity index (χ0v) is 19.5. The first-order valence-corrected chi connectivity index (χ1v) is 10.8. The van der Waals surface area contributed by atoms with Crippen LogP contribution in [-0.4, -0.2) is 52.6 Å². The monoisotopic (exact) mass is 426 g/mol. The first kappa shape index (κ1) is 23.1. The Bertz CT molecular complexity index is 950. The van der Waals surface area contributed by atoms with E-state index in [0.717, 1.165) is 29.9 Å².